The first-order chi connectivity index (χ1) is 14.0. The molecule has 7 nitrogen and oxygen atoms in total. The fourth-order valence-corrected chi connectivity index (χ4v) is 2.78. The number of hydrogen-bond acceptors (Lipinski definition) is 5. The second kappa shape index (κ2) is 9.45. The predicted octanol–water partition coefficient (Wildman–Crippen LogP) is 3.84. The highest BCUT2D eigenvalue weighted by molar-refractivity contribution is 5.92. The summed E-state index contributed by atoms with van der Waals surface area (Å²) in [6.45, 7) is 4.51. The van der Waals surface area contributed by atoms with Gasteiger partial charge in [-0.1, -0.05) is 30.3 Å². The lowest BCUT2D eigenvalue weighted by atomic mass is 10.2. The van der Waals surface area contributed by atoms with Gasteiger partial charge in [0.2, 0.25) is 5.91 Å². The molecule has 148 valence electrons. The molecule has 2 aromatic carbocycles. The molecule has 7 heteroatoms. The third-order valence-corrected chi connectivity index (χ3v) is 4.23. The first-order valence-corrected chi connectivity index (χ1v) is 9.35. The third kappa shape index (κ3) is 5.62. The fourth-order valence-electron chi connectivity index (χ4n) is 2.78. The van der Waals surface area contributed by atoms with Gasteiger partial charge < -0.3 is 15.5 Å². The first-order valence-electron chi connectivity index (χ1n) is 9.35. The van der Waals surface area contributed by atoms with Crippen LogP contribution in [0.1, 0.15) is 29.9 Å². The Morgan fingerprint density at radius 2 is 1.62 bits per heavy atom. The minimum absolute atomic E-state index is 0.120. The van der Waals surface area contributed by atoms with Crippen molar-refractivity contribution in [3.63, 3.8) is 0 Å². The van der Waals surface area contributed by atoms with Crippen LogP contribution in [0.4, 0.5) is 17.2 Å². The zero-order valence-electron chi connectivity index (χ0n) is 16.4. The monoisotopic (exact) mass is 389 g/mol. The third-order valence-electron chi connectivity index (χ3n) is 4.23. The SMILES string of the molecule is CCN(Cc1ccccc1)C(=O)c1cnc(Nc2ccc(NC(C)=O)cc2)cn1. The van der Waals surface area contributed by atoms with Crippen molar-refractivity contribution in [2.75, 3.05) is 17.2 Å². The summed E-state index contributed by atoms with van der Waals surface area (Å²) >= 11 is 0. The number of hydrogen-bond donors (Lipinski definition) is 2. The van der Waals surface area contributed by atoms with Gasteiger partial charge in [0.1, 0.15) is 11.5 Å². The molecule has 0 aliphatic heterocycles. The normalized spacial score (nSPS) is 10.3. The highest BCUT2D eigenvalue weighted by Crippen LogP contribution is 2.17. The largest absolute Gasteiger partial charge is 0.339 e. The van der Waals surface area contributed by atoms with E-state index >= 15 is 0 Å². The smallest absolute Gasteiger partial charge is 0.274 e. The molecule has 0 radical (unpaired) electrons. The predicted molar refractivity (Wildman–Crippen MR) is 113 cm³/mol. The lowest BCUT2D eigenvalue weighted by Crippen LogP contribution is -2.31. The molecule has 2 N–H and O–H groups in total. The average molecular weight is 389 g/mol. The number of rotatable bonds is 7. The van der Waals surface area contributed by atoms with Crippen molar-refractivity contribution in [1.29, 1.82) is 0 Å². The molecule has 0 spiro atoms. The van der Waals surface area contributed by atoms with Crippen LogP contribution >= 0.6 is 0 Å². The zero-order valence-corrected chi connectivity index (χ0v) is 16.4. The van der Waals surface area contributed by atoms with Gasteiger partial charge in [0.25, 0.3) is 5.91 Å². The van der Waals surface area contributed by atoms with Crippen molar-refractivity contribution < 1.29 is 9.59 Å². The Bertz CT molecular complexity index is 957. The van der Waals surface area contributed by atoms with Gasteiger partial charge in [0, 0.05) is 31.4 Å². The Balaban J connectivity index is 1.64. The number of nitrogens with one attached hydrogen (secondary N) is 2. The Morgan fingerprint density at radius 1 is 0.931 bits per heavy atom. The molecule has 0 aliphatic rings. The van der Waals surface area contributed by atoms with Crippen molar-refractivity contribution in [2.24, 2.45) is 0 Å². The summed E-state index contributed by atoms with van der Waals surface area (Å²) in [4.78, 5) is 34.1. The summed E-state index contributed by atoms with van der Waals surface area (Å²) in [6.07, 6.45) is 3.01. The van der Waals surface area contributed by atoms with Crippen LogP contribution in [0.15, 0.2) is 67.0 Å². The standard InChI is InChI=1S/C22H23N5O2/c1-3-27(15-17-7-5-4-6-8-17)22(29)20-13-24-21(14-23-20)26-19-11-9-18(10-12-19)25-16(2)28/h4-14H,3,15H2,1-2H3,(H,24,26)(H,25,28). The van der Waals surface area contributed by atoms with E-state index in [2.05, 4.69) is 20.6 Å². The van der Waals surface area contributed by atoms with Crippen LogP contribution < -0.4 is 10.6 Å². The van der Waals surface area contributed by atoms with E-state index in [0.717, 1.165) is 11.3 Å². The molecule has 0 unspecified atom stereocenters. The fraction of sp³-hybridized carbons (Fsp3) is 0.182. The molecular weight excluding hydrogens is 366 g/mol. The van der Waals surface area contributed by atoms with Gasteiger partial charge in [-0.2, -0.15) is 0 Å². The minimum Gasteiger partial charge on any atom is -0.339 e. The van der Waals surface area contributed by atoms with E-state index < -0.39 is 0 Å². The van der Waals surface area contributed by atoms with E-state index in [1.165, 1.54) is 19.3 Å². The van der Waals surface area contributed by atoms with E-state index in [0.29, 0.717) is 30.3 Å². The molecule has 29 heavy (non-hydrogen) atoms. The maximum Gasteiger partial charge on any atom is 0.274 e. The quantitative estimate of drug-likeness (QED) is 0.641. The summed E-state index contributed by atoms with van der Waals surface area (Å²) < 4.78 is 0. The number of anilines is 3. The van der Waals surface area contributed by atoms with Crippen LogP contribution in [-0.4, -0.2) is 33.2 Å². The molecule has 0 aliphatic carbocycles. The van der Waals surface area contributed by atoms with Gasteiger partial charge in [-0.3, -0.25) is 9.59 Å². The van der Waals surface area contributed by atoms with E-state index in [-0.39, 0.29) is 11.8 Å². The van der Waals surface area contributed by atoms with Crippen molar-refractivity contribution in [2.45, 2.75) is 20.4 Å². The van der Waals surface area contributed by atoms with Gasteiger partial charge in [-0.25, -0.2) is 9.97 Å². The number of amides is 2. The molecule has 1 aromatic heterocycles. The molecule has 3 rings (SSSR count). The zero-order chi connectivity index (χ0) is 20.6. The maximum absolute atomic E-state index is 12.7. The Kier molecular flexibility index (Phi) is 6.52. The molecule has 0 saturated carbocycles. The minimum atomic E-state index is -0.157. The van der Waals surface area contributed by atoms with Crippen LogP contribution in [-0.2, 0) is 11.3 Å². The Morgan fingerprint density at radius 3 is 2.21 bits per heavy atom. The lowest BCUT2D eigenvalue weighted by Gasteiger charge is -2.20. The highest BCUT2D eigenvalue weighted by Gasteiger charge is 2.16. The van der Waals surface area contributed by atoms with Crippen LogP contribution in [0.5, 0.6) is 0 Å². The lowest BCUT2D eigenvalue weighted by molar-refractivity contribution is -0.114. The summed E-state index contributed by atoms with van der Waals surface area (Å²) in [7, 11) is 0. The van der Waals surface area contributed by atoms with E-state index in [9.17, 15) is 9.59 Å². The molecular formula is C22H23N5O2. The van der Waals surface area contributed by atoms with Gasteiger partial charge in [0.15, 0.2) is 0 Å². The molecule has 3 aromatic rings. The van der Waals surface area contributed by atoms with Gasteiger partial charge in [-0.05, 0) is 36.8 Å². The van der Waals surface area contributed by atoms with Crippen LogP contribution in [0.2, 0.25) is 0 Å². The average Bonchev–Trinajstić information content (AvgIpc) is 2.74. The highest BCUT2D eigenvalue weighted by atomic mass is 16.2. The first kappa shape index (κ1) is 20.0. The second-order valence-electron chi connectivity index (χ2n) is 6.48. The van der Waals surface area contributed by atoms with Crippen molar-refractivity contribution >= 4 is 29.0 Å². The van der Waals surface area contributed by atoms with E-state index in [1.807, 2.05) is 49.4 Å². The number of carbonyl (C=O) groups excluding carboxylic acids is 2. The van der Waals surface area contributed by atoms with Crippen LogP contribution in [0.3, 0.4) is 0 Å². The van der Waals surface area contributed by atoms with Gasteiger partial charge >= 0.3 is 0 Å². The molecule has 0 bridgehead atoms. The van der Waals surface area contributed by atoms with E-state index in [4.69, 9.17) is 0 Å². The summed E-state index contributed by atoms with van der Waals surface area (Å²) in [5, 5.41) is 5.83. The number of aromatic nitrogens is 2. The maximum atomic E-state index is 12.7. The number of carbonyl (C=O) groups is 2. The van der Waals surface area contributed by atoms with Gasteiger partial charge in [0.05, 0.1) is 12.4 Å². The molecule has 0 fully saturated rings. The van der Waals surface area contributed by atoms with E-state index in [1.54, 1.807) is 17.0 Å². The van der Waals surface area contributed by atoms with Crippen molar-refractivity contribution in [3.8, 4) is 0 Å². The second-order valence-corrected chi connectivity index (χ2v) is 6.48. The molecule has 2 amide bonds. The summed E-state index contributed by atoms with van der Waals surface area (Å²) in [5.41, 5.74) is 2.88. The molecule has 0 atom stereocenters. The van der Waals surface area contributed by atoms with Gasteiger partial charge in [-0.15, -0.1) is 0 Å². The Hall–Kier alpha value is -3.74. The van der Waals surface area contributed by atoms with Crippen LogP contribution in [0, 0.1) is 0 Å². The topological polar surface area (TPSA) is 87.2 Å². The Labute approximate surface area is 169 Å². The summed E-state index contributed by atoms with van der Waals surface area (Å²) in [5.74, 6) is 0.250. The van der Waals surface area contributed by atoms with Crippen molar-refractivity contribution in [3.05, 3.63) is 78.2 Å². The number of nitrogens with zero attached hydrogens (tertiary/aromatic N) is 3. The van der Waals surface area contributed by atoms with Crippen LogP contribution in [0.25, 0.3) is 0 Å². The molecule has 0 saturated heterocycles. The number of benzene rings is 2. The van der Waals surface area contributed by atoms with Crippen molar-refractivity contribution in [1.82, 2.24) is 14.9 Å². The summed E-state index contributed by atoms with van der Waals surface area (Å²) in [6, 6.07) is 17.1. The molecule has 1 heterocycles.